The highest BCUT2D eigenvalue weighted by atomic mass is 16.5. The van der Waals surface area contributed by atoms with Crippen molar-refractivity contribution in [3.05, 3.63) is 36.2 Å². The molecule has 0 amide bonds. The van der Waals surface area contributed by atoms with E-state index in [4.69, 9.17) is 4.74 Å². The number of methoxy groups -OCH3 is 1. The van der Waals surface area contributed by atoms with Gasteiger partial charge in [0.05, 0.1) is 12.1 Å². The number of rotatable bonds is 7. The highest BCUT2D eigenvalue weighted by Gasteiger charge is 2.16. The lowest BCUT2D eigenvalue weighted by Gasteiger charge is -2.24. The molecule has 0 atom stereocenters. The lowest BCUT2D eigenvalue weighted by Crippen LogP contribution is -2.45. The quantitative estimate of drug-likeness (QED) is 0.533. The van der Waals surface area contributed by atoms with Crippen LogP contribution in [0.3, 0.4) is 0 Å². The number of nitrogens with one attached hydrogen (secondary N) is 3. The van der Waals surface area contributed by atoms with Crippen molar-refractivity contribution in [2.45, 2.75) is 32.9 Å². The van der Waals surface area contributed by atoms with Gasteiger partial charge in [-0.2, -0.15) is 5.10 Å². The number of hydrogen-bond acceptors (Lipinski definition) is 4. The Morgan fingerprint density at radius 1 is 1.33 bits per heavy atom. The minimum atomic E-state index is -0.248. The third-order valence-corrected chi connectivity index (χ3v) is 3.61. The Morgan fingerprint density at radius 3 is 2.83 bits per heavy atom. The first-order valence-corrected chi connectivity index (χ1v) is 8.06. The van der Waals surface area contributed by atoms with Crippen molar-refractivity contribution in [3.63, 3.8) is 0 Å². The van der Waals surface area contributed by atoms with Crippen molar-refractivity contribution < 1.29 is 4.74 Å². The molecule has 0 bridgehead atoms. The van der Waals surface area contributed by atoms with Gasteiger partial charge in [0.2, 0.25) is 0 Å². The van der Waals surface area contributed by atoms with Crippen LogP contribution in [0.1, 0.15) is 26.3 Å². The van der Waals surface area contributed by atoms with E-state index < -0.39 is 0 Å². The highest BCUT2D eigenvalue weighted by molar-refractivity contribution is 5.79. The molecule has 0 aliphatic heterocycles. The fourth-order valence-electron chi connectivity index (χ4n) is 2.04. The fourth-order valence-corrected chi connectivity index (χ4v) is 2.04. The van der Waals surface area contributed by atoms with E-state index in [0.29, 0.717) is 13.1 Å². The van der Waals surface area contributed by atoms with Crippen LogP contribution in [0.2, 0.25) is 0 Å². The van der Waals surface area contributed by atoms with E-state index in [2.05, 4.69) is 36.9 Å². The zero-order chi connectivity index (χ0) is 17.4. The Labute approximate surface area is 142 Å². The molecule has 1 aromatic heterocycles. The van der Waals surface area contributed by atoms with Crippen molar-refractivity contribution in [3.8, 4) is 11.4 Å². The first kappa shape index (κ1) is 17.9. The van der Waals surface area contributed by atoms with Gasteiger partial charge in [-0.1, -0.05) is 18.2 Å². The summed E-state index contributed by atoms with van der Waals surface area (Å²) in [4.78, 5) is 8.81. The first-order chi connectivity index (χ1) is 11.5. The Morgan fingerprint density at radius 2 is 2.17 bits per heavy atom. The zero-order valence-corrected chi connectivity index (χ0v) is 14.8. The largest absolute Gasteiger partial charge is 0.377 e. The second-order valence-corrected chi connectivity index (χ2v) is 6.05. The molecule has 0 spiro atoms. The molecule has 1 aromatic carbocycles. The van der Waals surface area contributed by atoms with E-state index in [1.807, 2.05) is 39.0 Å². The molecule has 24 heavy (non-hydrogen) atoms. The van der Waals surface area contributed by atoms with Crippen molar-refractivity contribution >= 4 is 5.96 Å². The molecule has 0 unspecified atom stereocenters. The summed E-state index contributed by atoms with van der Waals surface area (Å²) in [5.74, 6) is 1.53. The SMILES string of the molecule is CCNC(=NCc1cccc(-c2ncn[nH]2)c1)NCC(C)(C)OC. The van der Waals surface area contributed by atoms with Crippen LogP contribution < -0.4 is 10.6 Å². The Balaban J connectivity index is 2.04. The first-order valence-electron chi connectivity index (χ1n) is 8.06. The predicted molar refractivity (Wildman–Crippen MR) is 95.7 cm³/mol. The van der Waals surface area contributed by atoms with E-state index in [1.54, 1.807) is 7.11 Å². The Bertz CT molecular complexity index is 651. The number of aliphatic imine (C=N–C) groups is 1. The van der Waals surface area contributed by atoms with Crippen LogP contribution in [0.15, 0.2) is 35.6 Å². The molecule has 0 fully saturated rings. The monoisotopic (exact) mass is 330 g/mol. The predicted octanol–water partition coefficient (Wildman–Crippen LogP) is 1.95. The van der Waals surface area contributed by atoms with Crippen LogP contribution in [0.4, 0.5) is 0 Å². The maximum atomic E-state index is 5.42. The molecule has 0 saturated carbocycles. The lowest BCUT2D eigenvalue weighted by atomic mass is 10.1. The summed E-state index contributed by atoms with van der Waals surface area (Å²) in [6.45, 7) is 8.16. The van der Waals surface area contributed by atoms with Gasteiger partial charge in [0.1, 0.15) is 6.33 Å². The molecule has 130 valence electrons. The van der Waals surface area contributed by atoms with Gasteiger partial charge < -0.3 is 15.4 Å². The van der Waals surface area contributed by atoms with Crippen LogP contribution in [0.25, 0.3) is 11.4 Å². The van der Waals surface area contributed by atoms with Gasteiger partial charge >= 0.3 is 0 Å². The average molecular weight is 330 g/mol. The molecular weight excluding hydrogens is 304 g/mol. The average Bonchev–Trinajstić information content (AvgIpc) is 3.12. The topological polar surface area (TPSA) is 87.2 Å². The summed E-state index contributed by atoms with van der Waals surface area (Å²) in [6, 6.07) is 8.11. The third-order valence-electron chi connectivity index (χ3n) is 3.61. The van der Waals surface area contributed by atoms with E-state index >= 15 is 0 Å². The van der Waals surface area contributed by atoms with Crippen LogP contribution in [-0.4, -0.2) is 46.9 Å². The normalized spacial score (nSPS) is 12.2. The van der Waals surface area contributed by atoms with Gasteiger partial charge in [0.15, 0.2) is 11.8 Å². The van der Waals surface area contributed by atoms with E-state index in [0.717, 1.165) is 29.5 Å². The second-order valence-electron chi connectivity index (χ2n) is 6.05. The number of ether oxygens (including phenoxy) is 1. The van der Waals surface area contributed by atoms with Gasteiger partial charge in [-0.05, 0) is 32.4 Å². The van der Waals surface area contributed by atoms with Crippen molar-refractivity contribution in [2.75, 3.05) is 20.2 Å². The van der Waals surface area contributed by atoms with E-state index in [9.17, 15) is 0 Å². The number of aromatic nitrogens is 3. The molecule has 3 N–H and O–H groups in total. The molecule has 0 radical (unpaired) electrons. The molecule has 2 aromatic rings. The molecule has 7 nitrogen and oxygen atoms in total. The fraction of sp³-hybridized carbons (Fsp3) is 0.471. The van der Waals surface area contributed by atoms with E-state index in [-0.39, 0.29) is 5.60 Å². The van der Waals surface area contributed by atoms with Crippen LogP contribution in [0.5, 0.6) is 0 Å². The van der Waals surface area contributed by atoms with Gasteiger partial charge in [-0.3, -0.25) is 5.10 Å². The van der Waals surface area contributed by atoms with Crippen LogP contribution in [-0.2, 0) is 11.3 Å². The van der Waals surface area contributed by atoms with Gasteiger partial charge in [0, 0.05) is 25.8 Å². The molecule has 1 heterocycles. The molecule has 0 aliphatic carbocycles. The summed E-state index contributed by atoms with van der Waals surface area (Å²) in [7, 11) is 1.71. The number of benzene rings is 1. The second kappa shape index (κ2) is 8.44. The summed E-state index contributed by atoms with van der Waals surface area (Å²) in [5.41, 5.74) is 1.85. The Kier molecular flexibility index (Phi) is 6.31. The number of H-pyrrole nitrogens is 1. The number of nitrogens with zero attached hydrogens (tertiary/aromatic N) is 3. The number of guanidine groups is 1. The lowest BCUT2D eigenvalue weighted by molar-refractivity contribution is 0.0268. The third kappa shape index (κ3) is 5.34. The zero-order valence-electron chi connectivity index (χ0n) is 14.8. The highest BCUT2D eigenvalue weighted by Crippen LogP contribution is 2.15. The molecule has 2 rings (SSSR count). The minimum Gasteiger partial charge on any atom is -0.377 e. The summed E-state index contributed by atoms with van der Waals surface area (Å²) < 4.78 is 5.42. The maximum Gasteiger partial charge on any atom is 0.191 e. The van der Waals surface area contributed by atoms with Gasteiger partial charge in [-0.15, -0.1) is 0 Å². The molecule has 7 heteroatoms. The maximum absolute atomic E-state index is 5.42. The van der Waals surface area contributed by atoms with Crippen molar-refractivity contribution in [1.29, 1.82) is 0 Å². The van der Waals surface area contributed by atoms with Crippen LogP contribution >= 0.6 is 0 Å². The van der Waals surface area contributed by atoms with Gasteiger partial charge in [-0.25, -0.2) is 9.98 Å². The standard InChI is InChI=1S/C17H26N6O/c1-5-18-16(20-11-17(2,3)24-4)19-10-13-7-6-8-14(9-13)15-21-12-22-23-15/h6-9,12H,5,10-11H2,1-4H3,(H2,18,19,20)(H,21,22,23). The summed E-state index contributed by atoms with van der Waals surface area (Å²) in [6.07, 6.45) is 1.50. The van der Waals surface area contributed by atoms with Crippen molar-refractivity contribution in [1.82, 2.24) is 25.8 Å². The minimum absolute atomic E-state index is 0.248. The number of aromatic amines is 1. The smallest absolute Gasteiger partial charge is 0.191 e. The van der Waals surface area contributed by atoms with Crippen molar-refractivity contribution in [2.24, 2.45) is 4.99 Å². The Hall–Kier alpha value is -2.41. The van der Waals surface area contributed by atoms with Crippen LogP contribution in [0, 0.1) is 0 Å². The summed E-state index contributed by atoms with van der Waals surface area (Å²) in [5, 5.41) is 13.3. The molecule has 0 saturated heterocycles. The molecular formula is C17H26N6O. The number of hydrogen-bond donors (Lipinski definition) is 3. The molecule has 0 aliphatic rings. The van der Waals surface area contributed by atoms with Gasteiger partial charge in [0.25, 0.3) is 0 Å². The summed E-state index contributed by atoms with van der Waals surface area (Å²) >= 11 is 0. The van der Waals surface area contributed by atoms with E-state index in [1.165, 1.54) is 6.33 Å².